The maximum atomic E-state index is 12.8. The van der Waals surface area contributed by atoms with E-state index in [4.69, 9.17) is 0 Å². The lowest BCUT2D eigenvalue weighted by Crippen LogP contribution is -2.31. The molecule has 2 aliphatic rings. The molecule has 0 unspecified atom stereocenters. The second-order valence-corrected chi connectivity index (χ2v) is 6.97. The number of fused-ring (bicyclic) bond motifs is 1. The molecule has 122 valence electrons. The first-order valence-electron chi connectivity index (χ1n) is 8.56. The van der Waals surface area contributed by atoms with Crippen LogP contribution in [0.5, 0.6) is 0 Å². The van der Waals surface area contributed by atoms with E-state index in [1.165, 1.54) is 29.8 Å². The van der Waals surface area contributed by atoms with Crippen molar-refractivity contribution in [2.24, 2.45) is 7.05 Å². The van der Waals surface area contributed by atoms with Crippen molar-refractivity contribution in [2.75, 3.05) is 0 Å². The number of aryl methyl sites for hydroxylation is 2. The van der Waals surface area contributed by atoms with Crippen LogP contribution in [0.1, 0.15) is 70.8 Å². The Labute approximate surface area is 136 Å². The lowest BCUT2D eigenvalue weighted by molar-refractivity contribution is 0.0932. The molecular formula is C18H24N4O. The first kappa shape index (κ1) is 14.5. The molecule has 2 heterocycles. The molecule has 5 nitrogen and oxygen atoms in total. The normalized spacial score (nSPS) is 20.4. The quantitative estimate of drug-likeness (QED) is 0.947. The van der Waals surface area contributed by atoms with Crippen molar-refractivity contribution in [1.82, 2.24) is 19.7 Å². The third kappa shape index (κ3) is 2.38. The fourth-order valence-corrected chi connectivity index (χ4v) is 3.99. The number of hydrogen-bond donors (Lipinski definition) is 1. The number of hydrogen-bond acceptors (Lipinski definition) is 2. The molecule has 2 aromatic rings. The van der Waals surface area contributed by atoms with Crippen LogP contribution >= 0.6 is 0 Å². The minimum atomic E-state index is 0.0479. The molecule has 0 spiro atoms. The molecule has 1 saturated carbocycles. The van der Waals surface area contributed by atoms with E-state index in [0.717, 1.165) is 30.5 Å². The third-order valence-corrected chi connectivity index (χ3v) is 5.32. The van der Waals surface area contributed by atoms with Gasteiger partial charge in [0, 0.05) is 35.7 Å². The minimum Gasteiger partial charge on any atom is -0.345 e. The molecular weight excluding hydrogens is 288 g/mol. The summed E-state index contributed by atoms with van der Waals surface area (Å²) in [4.78, 5) is 12.8. The SMILES string of the molecule is Cc1cc(C(=O)N[C@H]2CCCc3c2cnn3C)c(C)n1C1CC1. The van der Waals surface area contributed by atoms with Gasteiger partial charge in [0.05, 0.1) is 17.8 Å². The summed E-state index contributed by atoms with van der Waals surface area (Å²) in [5, 5.41) is 7.60. The van der Waals surface area contributed by atoms with Crippen LogP contribution < -0.4 is 5.32 Å². The van der Waals surface area contributed by atoms with E-state index in [1.807, 2.05) is 24.0 Å². The third-order valence-electron chi connectivity index (χ3n) is 5.32. The van der Waals surface area contributed by atoms with Crippen LogP contribution in [0.25, 0.3) is 0 Å². The number of amides is 1. The van der Waals surface area contributed by atoms with Crippen LogP contribution in [0, 0.1) is 13.8 Å². The fraction of sp³-hybridized carbons (Fsp3) is 0.556. The Bertz CT molecular complexity index is 766. The van der Waals surface area contributed by atoms with Gasteiger partial charge in [-0.1, -0.05) is 0 Å². The van der Waals surface area contributed by atoms with Crippen molar-refractivity contribution in [2.45, 2.75) is 58.0 Å². The van der Waals surface area contributed by atoms with E-state index >= 15 is 0 Å². The summed E-state index contributed by atoms with van der Waals surface area (Å²) in [6, 6.07) is 2.73. The summed E-state index contributed by atoms with van der Waals surface area (Å²) in [5.74, 6) is 0.0479. The Hall–Kier alpha value is -2.04. The molecule has 0 aromatic carbocycles. The van der Waals surface area contributed by atoms with Crippen molar-refractivity contribution in [3.05, 3.63) is 40.5 Å². The topological polar surface area (TPSA) is 51.9 Å². The molecule has 23 heavy (non-hydrogen) atoms. The fourth-order valence-electron chi connectivity index (χ4n) is 3.99. The van der Waals surface area contributed by atoms with Crippen LogP contribution in [0.4, 0.5) is 0 Å². The number of nitrogens with zero attached hydrogens (tertiary/aromatic N) is 3. The highest BCUT2D eigenvalue weighted by Crippen LogP contribution is 2.38. The van der Waals surface area contributed by atoms with Crippen molar-refractivity contribution < 1.29 is 4.79 Å². The maximum Gasteiger partial charge on any atom is 0.253 e. The highest BCUT2D eigenvalue weighted by atomic mass is 16.1. The van der Waals surface area contributed by atoms with Crippen molar-refractivity contribution in [3.63, 3.8) is 0 Å². The average Bonchev–Trinajstić information content (AvgIpc) is 3.21. The van der Waals surface area contributed by atoms with E-state index in [0.29, 0.717) is 6.04 Å². The highest BCUT2D eigenvalue weighted by molar-refractivity contribution is 5.96. The summed E-state index contributed by atoms with van der Waals surface area (Å²) in [5.41, 5.74) is 5.56. The van der Waals surface area contributed by atoms with Gasteiger partial charge in [0.15, 0.2) is 0 Å². The van der Waals surface area contributed by atoms with Gasteiger partial charge in [-0.15, -0.1) is 0 Å². The van der Waals surface area contributed by atoms with Gasteiger partial charge in [-0.3, -0.25) is 9.48 Å². The molecule has 1 fully saturated rings. The summed E-state index contributed by atoms with van der Waals surface area (Å²) >= 11 is 0. The number of rotatable bonds is 3. The zero-order chi connectivity index (χ0) is 16.1. The number of carbonyl (C=O) groups excluding carboxylic acids is 1. The van der Waals surface area contributed by atoms with Gasteiger partial charge >= 0.3 is 0 Å². The van der Waals surface area contributed by atoms with Crippen LogP contribution in [0.15, 0.2) is 12.3 Å². The lowest BCUT2D eigenvalue weighted by Gasteiger charge is -2.23. The molecule has 1 amide bonds. The minimum absolute atomic E-state index is 0.0479. The first-order chi connectivity index (χ1) is 11.1. The Morgan fingerprint density at radius 3 is 2.83 bits per heavy atom. The van der Waals surface area contributed by atoms with Gasteiger partial charge in [0.1, 0.15) is 0 Å². The Kier molecular flexibility index (Phi) is 3.32. The van der Waals surface area contributed by atoms with Crippen LogP contribution in [0.3, 0.4) is 0 Å². The summed E-state index contributed by atoms with van der Waals surface area (Å²) in [6.45, 7) is 4.17. The second kappa shape index (κ2) is 5.25. The van der Waals surface area contributed by atoms with E-state index in [-0.39, 0.29) is 11.9 Å². The predicted molar refractivity (Wildman–Crippen MR) is 88.5 cm³/mol. The van der Waals surface area contributed by atoms with Gasteiger partial charge in [-0.25, -0.2) is 0 Å². The summed E-state index contributed by atoms with van der Waals surface area (Å²) in [7, 11) is 1.98. The Morgan fingerprint density at radius 2 is 2.09 bits per heavy atom. The van der Waals surface area contributed by atoms with Crippen molar-refractivity contribution in [1.29, 1.82) is 0 Å². The monoisotopic (exact) mass is 312 g/mol. The Balaban J connectivity index is 1.58. The van der Waals surface area contributed by atoms with E-state index in [1.54, 1.807) is 0 Å². The van der Waals surface area contributed by atoms with Crippen LogP contribution in [0.2, 0.25) is 0 Å². The largest absolute Gasteiger partial charge is 0.345 e. The molecule has 1 N–H and O–H groups in total. The van der Waals surface area contributed by atoms with Gasteiger partial charge in [0.2, 0.25) is 0 Å². The van der Waals surface area contributed by atoms with Gasteiger partial charge < -0.3 is 9.88 Å². The van der Waals surface area contributed by atoms with Crippen molar-refractivity contribution >= 4 is 5.91 Å². The standard InChI is InChI=1S/C18H24N4O/c1-11-9-14(12(2)22(11)13-7-8-13)18(23)20-16-5-4-6-17-15(16)10-19-21(17)3/h9-10,13,16H,4-8H2,1-3H3,(H,20,23)/t16-/m0/s1. The van der Waals surface area contributed by atoms with Gasteiger partial charge in [0.25, 0.3) is 5.91 Å². The predicted octanol–water partition coefficient (Wildman–Crippen LogP) is 2.98. The lowest BCUT2D eigenvalue weighted by atomic mass is 9.93. The molecule has 2 aromatic heterocycles. The molecule has 5 heteroatoms. The second-order valence-electron chi connectivity index (χ2n) is 6.97. The maximum absolute atomic E-state index is 12.8. The van der Waals surface area contributed by atoms with Crippen molar-refractivity contribution in [3.8, 4) is 0 Å². The van der Waals surface area contributed by atoms with E-state index in [2.05, 4.69) is 28.8 Å². The molecule has 0 radical (unpaired) electrons. The number of carbonyl (C=O) groups is 1. The highest BCUT2D eigenvalue weighted by Gasteiger charge is 2.30. The zero-order valence-electron chi connectivity index (χ0n) is 14.1. The number of aromatic nitrogens is 3. The molecule has 2 aliphatic carbocycles. The van der Waals surface area contributed by atoms with E-state index in [9.17, 15) is 4.79 Å². The zero-order valence-corrected chi connectivity index (χ0v) is 14.1. The smallest absolute Gasteiger partial charge is 0.253 e. The average molecular weight is 312 g/mol. The molecule has 0 bridgehead atoms. The number of nitrogens with one attached hydrogen (secondary N) is 1. The van der Waals surface area contributed by atoms with Crippen LogP contribution in [-0.2, 0) is 13.5 Å². The summed E-state index contributed by atoms with van der Waals surface area (Å²) in [6.07, 6.45) is 7.52. The summed E-state index contributed by atoms with van der Waals surface area (Å²) < 4.78 is 4.26. The van der Waals surface area contributed by atoms with Gasteiger partial charge in [-0.2, -0.15) is 5.10 Å². The van der Waals surface area contributed by atoms with E-state index < -0.39 is 0 Å². The Morgan fingerprint density at radius 1 is 1.30 bits per heavy atom. The first-order valence-corrected chi connectivity index (χ1v) is 8.56. The van der Waals surface area contributed by atoms with Gasteiger partial charge in [-0.05, 0) is 52.0 Å². The molecule has 4 rings (SSSR count). The molecule has 1 atom stereocenters. The molecule has 0 saturated heterocycles. The molecule has 0 aliphatic heterocycles. The van der Waals surface area contributed by atoms with Crippen LogP contribution in [-0.4, -0.2) is 20.3 Å².